The molecule has 0 radical (unpaired) electrons. The summed E-state index contributed by atoms with van der Waals surface area (Å²) in [7, 11) is 3.59. The van der Waals surface area contributed by atoms with Crippen LogP contribution in [0.2, 0.25) is 0 Å². The molecule has 0 unspecified atom stereocenters. The maximum Gasteiger partial charge on any atom is 0.317 e. The Hall–Kier alpha value is -1.71. The zero-order valence-corrected chi connectivity index (χ0v) is 13.1. The van der Waals surface area contributed by atoms with Crippen LogP contribution >= 0.6 is 0 Å². The Balaban J connectivity index is 1.78. The van der Waals surface area contributed by atoms with Crippen molar-refractivity contribution >= 4 is 6.03 Å². The monoisotopic (exact) mass is 290 g/mol. The fraction of sp³-hybridized carbons (Fsp3) is 0.588. The van der Waals surface area contributed by atoms with Crippen molar-refractivity contribution in [1.29, 1.82) is 0 Å². The summed E-state index contributed by atoms with van der Waals surface area (Å²) in [4.78, 5) is 14.0. The van der Waals surface area contributed by atoms with Gasteiger partial charge in [-0.05, 0) is 30.9 Å². The van der Waals surface area contributed by atoms with Crippen LogP contribution in [0.4, 0.5) is 4.79 Å². The summed E-state index contributed by atoms with van der Waals surface area (Å²) < 4.78 is 5.32. The maximum atomic E-state index is 12.2. The predicted molar refractivity (Wildman–Crippen MR) is 84.7 cm³/mol. The summed E-state index contributed by atoms with van der Waals surface area (Å²) in [5.41, 5.74) is 1.13. The lowest BCUT2D eigenvalue weighted by molar-refractivity contribution is 0.174. The number of hydrogen-bond donors (Lipinski definition) is 1. The number of nitrogens with one attached hydrogen (secondary N) is 1. The van der Waals surface area contributed by atoms with Crippen molar-refractivity contribution in [2.75, 3.05) is 20.7 Å². The van der Waals surface area contributed by atoms with Gasteiger partial charge in [0.1, 0.15) is 5.75 Å². The van der Waals surface area contributed by atoms with Gasteiger partial charge < -0.3 is 15.0 Å². The number of urea groups is 1. The Morgan fingerprint density at radius 2 is 2.00 bits per heavy atom. The molecule has 1 N–H and O–H groups in total. The standard InChI is InChI=1S/C17H26N2O2/c1-19(15-9-4-3-5-10-15)17(20)18-13-12-14-8-6-7-11-16(14)21-2/h6-8,11,15H,3-5,9-10,12-13H2,1-2H3,(H,18,20). The molecule has 0 heterocycles. The molecule has 2 amide bonds. The first-order valence-corrected chi connectivity index (χ1v) is 7.85. The van der Waals surface area contributed by atoms with E-state index in [-0.39, 0.29) is 6.03 Å². The lowest BCUT2D eigenvalue weighted by Crippen LogP contribution is -2.44. The topological polar surface area (TPSA) is 41.6 Å². The average Bonchev–Trinajstić information content (AvgIpc) is 2.55. The van der Waals surface area contributed by atoms with Gasteiger partial charge in [-0.25, -0.2) is 4.79 Å². The van der Waals surface area contributed by atoms with Crippen molar-refractivity contribution in [1.82, 2.24) is 10.2 Å². The fourth-order valence-electron chi connectivity index (χ4n) is 2.97. The molecule has 1 saturated carbocycles. The van der Waals surface area contributed by atoms with E-state index in [1.54, 1.807) is 7.11 Å². The van der Waals surface area contributed by atoms with Crippen molar-refractivity contribution in [3.05, 3.63) is 29.8 Å². The Labute approximate surface area is 127 Å². The van der Waals surface area contributed by atoms with Crippen LogP contribution in [0.1, 0.15) is 37.7 Å². The zero-order chi connectivity index (χ0) is 15.1. The summed E-state index contributed by atoms with van der Waals surface area (Å²) in [6, 6.07) is 8.38. The molecule has 0 spiro atoms. The van der Waals surface area contributed by atoms with Crippen molar-refractivity contribution < 1.29 is 9.53 Å². The maximum absolute atomic E-state index is 12.2. The smallest absolute Gasteiger partial charge is 0.317 e. The van der Waals surface area contributed by atoms with Crippen LogP contribution in [-0.2, 0) is 6.42 Å². The van der Waals surface area contributed by atoms with E-state index in [1.807, 2.05) is 36.2 Å². The second kappa shape index (κ2) is 7.91. The lowest BCUT2D eigenvalue weighted by Gasteiger charge is -2.31. The van der Waals surface area contributed by atoms with Gasteiger partial charge >= 0.3 is 6.03 Å². The first-order chi connectivity index (χ1) is 10.2. The van der Waals surface area contributed by atoms with Crippen LogP contribution in [0.25, 0.3) is 0 Å². The molecule has 21 heavy (non-hydrogen) atoms. The molecule has 0 saturated heterocycles. The zero-order valence-electron chi connectivity index (χ0n) is 13.1. The minimum absolute atomic E-state index is 0.0387. The Morgan fingerprint density at radius 3 is 2.71 bits per heavy atom. The second-order valence-electron chi connectivity index (χ2n) is 5.70. The summed E-state index contributed by atoms with van der Waals surface area (Å²) in [5, 5.41) is 3.01. The number of benzene rings is 1. The van der Waals surface area contributed by atoms with E-state index < -0.39 is 0 Å². The molecule has 4 nitrogen and oxygen atoms in total. The van der Waals surface area contributed by atoms with Gasteiger partial charge in [0.25, 0.3) is 0 Å². The molecule has 1 aliphatic carbocycles. The fourth-order valence-corrected chi connectivity index (χ4v) is 2.97. The number of rotatable bonds is 5. The van der Waals surface area contributed by atoms with E-state index in [1.165, 1.54) is 19.3 Å². The number of carbonyl (C=O) groups is 1. The third-order valence-electron chi connectivity index (χ3n) is 4.31. The molecular formula is C17H26N2O2. The van der Waals surface area contributed by atoms with Gasteiger partial charge in [-0.2, -0.15) is 0 Å². The number of methoxy groups -OCH3 is 1. The molecule has 1 aromatic carbocycles. The van der Waals surface area contributed by atoms with Crippen LogP contribution in [0.5, 0.6) is 5.75 Å². The molecule has 116 valence electrons. The molecule has 1 aliphatic rings. The number of nitrogens with zero attached hydrogens (tertiary/aromatic N) is 1. The largest absolute Gasteiger partial charge is 0.496 e. The number of carbonyl (C=O) groups excluding carboxylic acids is 1. The molecule has 1 fully saturated rings. The van der Waals surface area contributed by atoms with Crippen molar-refractivity contribution in [3.63, 3.8) is 0 Å². The Bertz CT molecular complexity index is 456. The third kappa shape index (κ3) is 4.38. The van der Waals surface area contributed by atoms with Gasteiger partial charge in [-0.15, -0.1) is 0 Å². The highest BCUT2D eigenvalue weighted by molar-refractivity contribution is 5.74. The van der Waals surface area contributed by atoms with E-state index in [2.05, 4.69) is 5.32 Å². The lowest BCUT2D eigenvalue weighted by atomic mass is 9.95. The van der Waals surface area contributed by atoms with Crippen molar-refractivity contribution in [2.24, 2.45) is 0 Å². The molecule has 0 atom stereocenters. The van der Waals surface area contributed by atoms with E-state index in [4.69, 9.17) is 4.74 Å². The molecule has 0 aromatic heterocycles. The normalized spacial score (nSPS) is 15.5. The molecule has 0 bridgehead atoms. The first kappa shape index (κ1) is 15.7. The number of ether oxygens (including phenoxy) is 1. The molecule has 0 aliphatic heterocycles. The number of hydrogen-bond acceptors (Lipinski definition) is 2. The molecular weight excluding hydrogens is 264 g/mol. The minimum Gasteiger partial charge on any atom is -0.496 e. The summed E-state index contributed by atoms with van der Waals surface area (Å²) in [6.07, 6.45) is 6.84. The van der Waals surface area contributed by atoms with Gasteiger partial charge in [0.2, 0.25) is 0 Å². The van der Waals surface area contributed by atoms with E-state index >= 15 is 0 Å². The molecule has 4 heteroatoms. The van der Waals surface area contributed by atoms with E-state index in [9.17, 15) is 4.79 Å². The van der Waals surface area contributed by atoms with Crippen LogP contribution in [0, 0.1) is 0 Å². The van der Waals surface area contributed by atoms with Gasteiger partial charge in [0, 0.05) is 19.6 Å². The number of amides is 2. The van der Waals surface area contributed by atoms with E-state index in [0.717, 1.165) is 30.6 Å². The predicted octanol–water partition coefficient (Wildman–Crippen LogP) is 3.21. The summed E-state index contributed by atoms with van der Waals surface area (Å²) in [6.45, 7) is 0.635. The molecule has 1 aromatic rings. The summed E-state index contributed by atoms with van der Waals surface area (Å²) >= 11 is 0. The second-order valence-corrected chi connectivity index (χ2v) is 5.70. The minimum atomic E-state index is 0.0387. The van der Waals surface area contributed by atoms with Gasteiger partial charge in [0.05, 0.1) is 7.11 Å². The average molecular weight is 290 g/mol. The van der Waals surface area contributed by atoms with Crippen molar-refractivity contribution in [3.8, 4) is 5.75 Å². The Morgan fingerprint density at radius 1 is 1.29 bits per heavy atom. The summed E-state index contributed by atoms with van der Waals surface area (Å²) in [5.74, 6) is 0.882. The van der Waals surface area contributed by atoms with Gasteiger partial charge in [-0.3, -0.25) is 0 Å². The third-order valence-corrected chi connectivity index (χ3v) is 4.31. The van der Waals surface area contributed by atoms with Gasteiger partial charge in [-0.1, -0.05) is 37.5 Å². The van der Waals surface area contributed by atoms with Gasteiger partial charge in [0.15, 0.2) is 0 Å². The molecule has 2 rings (SSSR count). The highest BCUT2D eigenvalue weighted by atomic mass is 16.5. The quantitative estimate of drug-likeness (QED) is 0.904. The van der Waals surface area contributed by atoms with Crippen LogP contribution < -0.4 is 10.1 Å². The highest BCUT2D eigenvalue weighted by Crippen LogP contribution is 2.21. The van der Waals surface area contributed by atoms with Crippen LogP contribution in [0.15, 0.2) is 24.3 Å². The highest BCUT2D eigenvalue weighted by Gasteiger charge is 2.21. The SMILES string of the molecule is COc1ccccc1CCNC(=O)N(C)C1CCCCC1. The first-order valence-electron chi connectivity index (χ1n) is 7.85. The number of para-hydroxylation sites is 1. The van der Waals surface area contributed by atoms with Crippen LogP contribution in [-0.4, -0.2) is 37.7 Å². The van der Waals surface area contributed by atoms with Crippen molar-refractivity contribution in [2.45, 2.75) is 44.6 Å². The van der Waals surface area contributed by atoms with Crippen LogP contribution in [0.3, 0.4) is 0 Å². The van der Waals surface area contributed by atoms with E-state index in [0.29, 0.717) is 12.6 Å². The Kier molecular flexibility index (Phi) is 5.90.